The van der Waals surface area contributed by atoms with E-state index in [0.29, 0.717) is 12.2 Å². The van der Waals surface area contributed by atoms with Gasteiger partial charge in [-0.15, -0.1) is 0 Å². The second kappa shape index (κ2) is 8.75. The number of rotatable bonds is 5. The number of amides is 1. The van der Waals surface area contributed by atoms with E-state index in [9.17, 15) is 26.4 Å². The summed E-state index contributed by atoms with van der Waals surface area (Å²) in [5, 5.41) is 0. The predicted molar refractivity (Wildman–Crippen MR) is 103 cm³/mol. The van der Waals surface area contributed by atoms with Crippen LogP contribution in [0, 0.1) is 0 Å². The summed E-state index contributed by atoms with van der Waals surface area (Å²) in [5.41, 5.74) is 0.433. The van der Waals surface area contributed by atoms with Crippen LogP contribution in [0.1, 0.15) is 21.5 Å². The monoisotopic (exact) mass is 442 g/mol. The molecular formula is C20H21F3N2O4S. The lowest BCUT2D eigenvalue weighted by Crippen LogP contribution is -2.50. The summed E-state index contributed by atoms with van der Waals surface area (Å²) >= 11 is 0. The number of carbonyl (C=O) groups excluding carboxylic acids is 1. The summed E-state index contributed by atoms with van der Waals surface area (Å²) in [6.45, 7) is 0.875. The molecule has 0 bridgehead atoms. The molecule has 3 rings (SSSR count). The first-order chi connectivity index (χ1) is 14.1. The van der Waals surface area contributed by atoms with E-state index in [1.807, 2.05) is 6.07 Å². The molecule has 0 unspecified atom stereocenters. The molecule has 1 aliphatic heterocycles. The number of piperazine rings is 1. The highest BCUT2D eigenvalue weighted by Crippen LogP contribution is 2.30. The molecule has 2 aromatic carbocycles. The van der Waals surface area contributed by atoms with Crippen molar-refractivity contribution >= 4 is 15.9 Å². The fourth-order valence-corrected chi connectivity index (χ4v) is 4.66. The van der Waals surface area contributed by atoms with Gasteiger partial charge >= 0.3 is 6.18 Å². The van der Waals surface area contributed by atoms with Gasteiger partial charge in [0.1, 0.15) is 0 Å². The highest BCUT2D eigenvalue weighted by Gasteiger charge is 2.33. The van der Waals surface area contributed by atoms with Crippen LogP contribution in [0.15, 0.2) is 53.4 Å². The summed E-state index contributed by atoms with van der Waals surface area (Å²) in [6.07, 6.45) is -4.53. The predicted octanol–water partition coefficient (Wildman–Crippen LogP) is 3.00. The average Bonchev–Trinajstić information content (AvgIpc) is 2.73. The Balaban J connectivity index is 1.67. The number of ether oxygens (including phenoxy) is 1. The van der Waals surface area contributed by atoms with Crippen LogP contribution >= 0.6 is 0 Å². The third kappa shape index (κ3) is 4.82. The molecule has 1 saturated heterocycles. The van der Waals surface area contributed by atoms with Crippen molar-refractivity contribution < 1.29 is 31.1 Å². The van der Waals surface area contributed by atoms with Crippen LogP contribution in [0.2, 0.25) is 0 Å². The quantitative estimate of drug-likeness (QED) is 0.714. The lowest BCUT2D eigenvalue weighted by Gasteiger charge is -2.34. The molecule has 1 amide bonds. The van der Waals surface area contributed by atoms with Crippen molar-refractivity contribution in [1.29, 1.82) is 0 Å². The molecule has 30 heavy (non-hydrogen) atoms. The second-order valence-corrected chi connectivity index (χ2v) is 8.79. The highest BCUT2D eigenvalue weighted by atomic mass is 32.2. The summed E-state index contributed by atoms with van der Waals surface area (Å²) in [5.74, 6) is -0.209. The molecule has 0 N–H and O–H groups in total. The third-order valence-electron chi connectivity index (χ3n) is 4.83. The Kier molecular flexibility index (Phi) is 6.49. The van der Waals surface area contributed by atoms with Crippen molar-refractivity contribution in [2.24, 2.45) is 0 Å². The van der Waals surface area contributed by atoms with Crippen molar-refractivity contribution in [3.05, 3.63) is 65.2 Å². The van der Waals surface area contributed by atoms with Gasteiger partial charge in [-0.2, -0.15) is 17.5 Å². The lowest BCUT2D eigenvalue weighted by atomic mass is 10.1. The normalized spacial score (nSPS) is 15.9. The lowest BCUT2D eigenvalue weighted by molar-refractivity contribution is -0.137. The number of methoxy groups -OCH3 is 1. The van der Waals surface area contributed by atoms with Gasteiger partial charge in [-0.05, 0) is 42.0 Å². The van der Waals surface area contributed by atoms with E-state index in [1.54, 1.807) is 30.2 Å². The molecule has 0 spiro atoms. The number of hydrogen-bond acceptors (Lipinski definition) is 4. The molecule has 2 aromatic rings. The van der Waals surface area contributed by atoms with Crippen LogP contribution < -0.4 is 0 Å². The van der Waals surface area contributed by atoms with E-state index in [4.69, 9.17) is 4.74 Å². The number of carbonyl (C=O) groups is 1. The van der Waals surface area contributed by atoms with Crippen LogP contribution in [0.5, 0.6) is 0 Å². The van der Waals surface area contributed by atoms with Crippen molar-refractivity contribution in [2.75, 3.05) is 33.3 Å². The number of halogens is 3. The summed E-state index contributed by atoms with van der Waals surface area (Å²) in [7, 11) is -2.38. The van der Waals surface area contributed by atoms with Gasteiger partial charge in [-0.3, -0.25) is 4.79 Å². The Labute approximate surface area is 172 Å². The standard InChI is InChI=1S/C20H21F3N2O4S/c1-29-14-15-3-2-4-16(13-15)19(26)24-9-11-25(12-10-24)30(27,28)18-7-5-17(6-8-18)20(21,22)23/h2-8,13H,9-12,14H2,1H3. The molecular weight excluding hydrogens is 421 g/mol. The van der Waals surface area contributed by atoms with Gasteiger partial charge in [0.15, 0.2) is 0 Å². The van der Waals surface area contributed by atoms with Gasteiger partial charge in [0.25, 0.3) is 5.91 Å². The van der Waals surface area contributed by atoms with Crippen LogP contribution in [0.4, 0.5) is 13.2 Å². The number of nitrogens with zero attached hydrogens (tertiary/aromatic N) is 2. The van der Waals surface area contributed by atoms with Crippen molar-refractivity contribution in [1.82, 2.24) is 9.21 Å². The number of alkyl halides is 3. The summed E-state index contributed by atoms with van der Waals surface area (Å²) in [6, 6.07) is 10.4. The van der Waals surface area contributed by atoms with E-state index >= 15 is 0 Å². The second-order valence-electron chi connectivity index (χ2n) is 6.85. The average molecular weight is 442 g/mol. The molecule has 1 fully saturated rings. The van der Waals surface area contributed by atoms with Crippen molar-refractivity contribution in [3.8, 4) is 0 Å². The first kappa shape index (κ1) is 22.3. The molecule has 1 aliphatic rings. The van der Waals surface area contributed by atoms with Gasteiger partial charge in [0.05, 0.1) is 17.1 Å². The zero-order chi connectivity index (χ0) is 21.9. The smallest absolute Gasteiger partial charge is 0.380 e. The maximum Gasteiger partial charge on any atom is 0.416 e. The van der Waals surface area contributed by atoms with E-state index in [-0.39, 0.29) is 37.0 Å². The largest absolute Gasteiger partial charge is 0.416 e. The van der Waals surface area contributed by atoms with E-state index < -0.39 is 21.8 Å². The zero-order valence-corrected chi connectivity index (χ0v) is 17.0. The minimum absolute atomic E-state index is 0.0624. The Bertz CT molecular complexity index is 999. The van der Waals surface area contributed by atoms with Crippen LogP contribution in [-0.2, 0) is 27.5 Å². The molecule has 0 aromatic heterocycles. The number of hydrogen-bond donors (Lipinski definition) is 0. The van der Waals surface area contributed by atoms with Gasteiger partial charge in [-0.25, -0.2) is 8.42 Å². The van der Waals surface area contributed by atoms with Crippen molar-refractivity contribution in [2.45, 2.75) is 17.7 Å². The number of sulfonamides is 1. The van der Waals surface area contributed by atoms with E-state index in [0.717, 1.165) is 29.8 Å². The molecule has 0 atom stereocenters. The van der Waals surface area contributed by atoms with Crippen LogP contribution in [0.25, 0.3) is 0 Å². The highest BCUT2D eigenvalue weighted by molar-refractivity contribution is 7.89. The minimum atomic E-state index is -4.53. The van der Waals surface area contributed by atoms with Crippen molar-refractivity contribution in [3.63, 3.8) is 0 Å². The van der Waals surface area contributed by atoms with Crippen LogP contribution in [0.3, 0.4) is 0 Å². The van der Waals surface area contributed by atoms with E-state index in [2.05, 4.69) is 0 Å². The molecule has 10 heteroatoms. The first-order valence-corrected chi connectivity index (χ1v) is 10.6. The third-order valence-corrected chi connectivity index (χ3v) is 6.74. The minimum Gasteiger partial charge on any atom is -0.380 e. The zero-order valence-electron chi connectivity index (χ0n) is 16.2. The Hall–Kier alpha value is -2.43. The number of benzene rings is 2. The van der Waals surface area contributed by atoms with Gasteiger partial charge in [0.2, 0.25) is 10.0 Å². The summed E-state index contributed by atoms with van der Waals surface area (Å²) in [4.78, 5) is 14.1. The maximum absolute atomic E-state index is 12.7. The Morgan fingerprint density at radius 1 is 1.03 bits per heavy atom. The molecule has 0 aliphatic carbocycles. The maximum atomic E-state index is 12.7. The molecule has 162 valence electrons. The topological polar surface area (TPSA) is 66.9 Å². The fraction of sp³-hybridized carbons (Fsp3) is 0.350. The van der Waals surface area contributed by atoms with Crippen LogP contribution in [-0.4, -0.2) is 56.8 Å². The molecule has 0 radical (unpaired) electrons. The van der Waals surface area contributed by atoms with E-state index in [1.165, 1.54) is 4.31 Å². The first-order valence-electron chi connectivity index (χ1n) is 9.17. The van der Waals surface area contributed by atoms with Gasteiger partial charge < -0.3 is 9.64 Å². The fourth-order valence-electron chi connectivity index (χ4n) is 3.24. The molecule has 0 saturated carbocycles. The SMILES string of the molecule is COCc1cccc(C(=O)N2CCN(S(=O)(=O)c3ccc(C(F)(F)F)cc3)CC2)c1. The Morgan fingerprint density at radius 2 is 1.67 bits per heavy atom. The molecule has 6 nitrogen and oxygen atoms in total. The van der Waals surface area contributed by atoms with Gasteiger partial charge in [0, 0.05) is 38.9 Å². The van der Waals surface area contributed by atoms with Gasteiger partial charge in [-0.1, -0.05) is 12.1 Å². The Morgan fingerprint density at radius 3 is 2.23 bits per heavy atom. The summed E-state index contributed by atoms with van der Waals surface area (Å²) < 4.78 is 69.8. The molecule has 1 heterocycles.